The molecule has 0 spiro atoms. The first-order valence-corrected chi connectivity index (χ1v) is 8.68. The van der Waals surface area contributed by atoms with Gasteiger partial charge in [-0.1, -0.05) is 17.7 Å². The first-order valence-electron chi connectivity index (χ1n) is 6.78. The molecule has 0 saturated carbocycles. The van der Waals surface area contributed by atoms with Gasteiger partial charge in [0.05, 0.1) is 10.5 Å². The number of sulfone groups is 1. The molecular weight excluding hydrogens is 300 g/mol. The van der Waals surface area contributed by atoms with Crippen LogP contribution in [-0.2, 0) is 9.84 Å². The van der Waals surface area contributed by atoms with Gasteiger partial charge in [0, 0.05) is 6.26 Å². The van der Waals surface area contributed by atoms with Crippen LogP contribution in [0.1, 0.15) is 27.0 Å². The van der Waals surface area contributed by atoms with Crippen molar-refractivity contribution in [1.82, 2.24) is 0 Å². The molecule has 0 aliphatic heterocycles. The van der Waals surface area contributed by atoms with Crippen molar-refractivity contribution in [2.75, 3.05) is 6.26 Å². The lowest BCUT2D eigenvalue weighted by Crippen LogP contribution is -2.10. The van der Waals surface area contributed by atoms with E-state index in [0.29, 0.717) is 11.3 Å². The third-order valence-electron chi connectivity index (χ3n) is 3.32. The molecule has 0 radical (unpaired) electrons. The lowest BCUT2D eigenvalue weighted by atomic mass is 10.1. The first kappa shape index (κ1) is 16.2. The highest BCUT2D eigenvalue weighted by molar-refractivity contribution is 7.90. The van der Waals surface area contributed by atoms with Crippen LogP contribution in [-0.4, -0.2) is 20.6 Å². The summed E-state index contributed by atoms with van der Waals surface area (Å²) in [6, 6.07) is 9.61. The minimum Gasteiger partial charge on any atom is -0.422 e. The lowest BCUT2D eigenvalue weighted by molar-refractivity contribution is 0.0732. The summed E-state index contributed by atoms with van der Waals surface area (Å²) in [7, 11) is -3.27. The van der Waals surface area contributed by atoms with Crippen LogP contribution in [0.3, 0.4) is 0 Å². The number of rotatable bonds is 3. The molecule has 0 aromatic heterocycles. The van der Waals surface area contributed by atoms with Crippen molar-refractivity contribution < 1.29 is 17.9 Å². The highest BCUT2D eigenvalue weighted by Crippen LogP contribution is 2.25. The molecule has 0 unspecified atom stereocenters. The summed E-state index contributed by atoms with van der Waals surface area (Å²) < 4.78 is 28.3. The van der Waals surface area contributed by atoms with Crippen LogP contribution in [0.4, 0.5) is 0 Å². The largest absolute Gasteiger partial charge is 0.422 e. The molecule has 116 valence electrons. The summed E-state index contributed by atoms with van der Waals surface area (Å²) in [6.45, 7) is 5.75. The van der Waals surface area contributed by atoms with Crippen molar-refractivity contribution >= 4 is 15.8 Å². The fourth-order valence-corrected chi connectivity index (χ4v) is 2.95. The molecule has 4 nitrogen and oxygen atoms in total. The monoisotopic (exact) mass is 318 g/mol. The van der Waals surface area contributed by atoms with Gasteiger partial charge in [-0.25, -0.2) is 13.2 Å². The van der Waals surface area contributed by atoms with Crippen LogP contribution in [0.15, 0.2) is 41.3 Å². The van der Waals surface area contributed by atoms with E-state index in [0.717, 1.165) is 22.9 Å². The van der Waals surface area contributed by atoms with Crippen LogP contribution in [0.2, 0.25) is 0 Å². The zero-order chi connectivity index (χ0) is 16.5. The Kier molecular flexibility index (Phi) is 4.37. The van der Waals surface area contributed by atoms with E-state index in [4.69, 9.17) is 4.74 Å². The summed E-state index contributed by atoms with van der Waals surface area (Å²) in [5.41, 5.74) is 3.19. The fourth-order valence-electron chi connectivity index (χ4n) is 2.32. The molecule has 22 heavy (non-hydrogen) atoms. The maximum absolute atomic E-state index is 12.2. The van der Waals surface area contributed by atoms with Gasteiger partial charge in [-0.3, -0.25) is 0 Å². The van der Waals surface area contributed by atoms with Crippen molar-refractivity contribution in [3.63, 3.8) is 0 Å². The van der Waals surface area contributed by atoms with Crippen molar-refractivity contribution in [1.29, 1.82) is 0 Å². The van der Waals surface area contributed by atoms with Crippen LogP contribution in [0.5, 0.6) is 5.75 Å². The molecule has 0 bridgehead atoms. The van der Waals surface area contributed by atoms with Gasteiger partial charge in [0.25, 0.3) is 0 Å². The Morgan fingerprint density at radius 2 is 1.45 bits per heavy atom. The summed E-state index contributed by atoms with van der Waals surface area (Å²) in [6.07, 6.45) is 1.12. The Hall–Kier alpha value is -2.14. The lowest BCUT2D eigenvalue weighted by Gasteiger charge is -2.11. The van der Waals surface area contributed by atoms with Gasteiger partial charge >= 0.3 is 5.97 Å². The zero-order valence-corrected chi connectivity index (χ0v) is 13.8. The predicted molar refractivity (Wildman–Crippen MR) is 85.2 cm³/mol. The number of hydrogen-bond donors (Lipinski definition) is 0. The van der Waals surface area contributed by atoms with E-state index in [-0.39, 0.29) is 4.90 Å². The van der Waals surface area contributed by atoms with Gasteiger partial charge in [-0.15, -0.1) is 0 Å². The second-order valence-corrected chi connectivity index (χ2v) is 7.43. The quantitative estimate of drug-likeness (QED) is 0.644. The molecule has 0 saturated heterocycles. The van der Waals surface area contributed by atoms with Crippen LogP contribution in [0.25, 0.3) is 0 Å². The van der Waals surface area contributed by atoms with Gasteiger partial charge in [-0.05, 0) is 56.2 Å². The summed E-state index contributed by atoms with van der Waals surface area (Å²) in [5, 5.41) is 0. The Bertz CT molecular complexity index is 795. The average Bonchev–Trinajstić information content (AvgIpc) is 2.41. The van der Waals surface area contributed by atoms with Crippen LogP contribution < -0.4 is 4.74 Å². The smallest absolute Gasteiger partial charge is 0.343 e. The molecule has 2 aromatic carbocycles. The number of aryl methyl sites for hydroxylation is 3. The highest BCUT2D eigenvalue weighted by Gasteiger charge is 2.14. The molecule has 0 amide bonds. The van der Waals surface area contributed by atoms with Gasteiger partial charge in [0.1, 0.15) is 5.75 Å². The topological polar surface area (TPSA) is 60.4 Å². The van der Waals surface area contributed by atoms with E-state index in [9.17, 15) is 13.2 Å². The predicted octanol–water partition coefficient (Wildman–Crippen LogP) is 3.23. The minimum absolute atomic E-state index is 0.173. The number of hydrogen-bond acceptors (Lipinski definition) is 4. The van der Waals surface area contributed by atoms with E-state index < -0.39 is 15.8 Å². The molecular formula is C17H18O4S. The standard InChI is InChI=1S/C17H18O4S/c1-11-9-12(2)16(13(3)10-11)21-17(18)14-5-7-15(8-6-14)22(4,19)20/h5-10H,1-4H3. The summed E-state index contributed by atoms with van der Waals surface area (Å²) in [4.78, 5) is 12.4. The maximum Gasteiger partial charge on any atom is 0.343 e. The van der Waals surface area contributed by atoms with Crippen LogP contribution >= 0.6 is 0 Å². The van der Waals surface area contributed by atoms with Gasteiger partial charge < -0.3 is 4.74 Å². The number of esters is 1. The van der Waals surface area contributed by atoms with E-state index in [2.05, 4.69) is 0 Å². The van der Waals surface area contributed by atoms with Gasteiger partial charge in [-0.2, -0.15) is 0 Å². The van der Waals surface area contributed by atoms with Crippen molar-refractivity contribution in [3.05, 3.63) is 58.7 Å². The summed E-state index contributed by atoms with van der Waals surface area (Å²) >= 11 is 0. The minimum atomic E-state index is -3.27. The second kappa shape index (κ2) is 5.93. The van der Waals surface area contributed by atoms with Gasteiger partial charge in [0.2, 0.25) is 0 Å². The van der Waals surface area contributed by atoms with E-state index in [1.54, 1.807) is 0 Å². The normalized spacial score (nSPS) is 11.3. The molecule has 0 heterocycles. The SMILES string of the molecule is Cc1cc(C)c(OC(=O)c2ccc(S(C)(=O)=O)cc2)c(C)c1. The summed E-state index contributed by atoms with van der Waals surface area (Å²) in [5.74, 6) is 0.0397. The molecule has 0 N–H and O–H groups in total. The fraction of sp³-hybridized carbons (Fsp3) is 0.235. The third kappa shape index (κ3) is 3.54. The number of carbonyl (C=O) groups excluding carboxylic acids is 1. The Morgan fingerprint density at radius 3 is 1.91 bits per heavy atom. The highest BCUT2D eigenvalue weighted by atomic mass is 32.2. The van der Waals surface area contributed by atoms with Crippen molar-refractivity contribution in [2.45, 2.75) is 25.7 Å². The molecule has 2 aromatic rings. The number of carbonyl (C=O) groups is 1. The maximum atomic E-state index is 12.2. The molecule has 5 heteroatoms. The molecule has 0 aliphatic rings. The number of ether oxygens (including phenoxy) is 1. The van der Waals surface area contributed by atoms with E-state index in [1.165, 1.54) is 24.3 Å². The molecule has 0 fully saturated rings. The Morgan fingerprint density at radius 1 is 0.955 bits per heavy atom. The zero-order valence-electron chi connectivity index (χ0n) is 13.0. The third-order valence-corrected chi connectivity index (χ3v) is 4.45. The van der Waals surface area contributed by atoms with Gasteiger partial charge in [0.15, 0.2) is 9.84 Å². The van der Waals surface area contributed by atoms with Crippen LogP contribution in [0, 0.1) is 20.8 Å². The Labute approximate surface area is 130 Å². The Balaban J connectivity index is 2.27. The molecule has 0 aliphatic carbocycles. The number of benzene rings is 2. The van der Waals surface area contributed by atoms with E-state index >= 15 is 0 Å². The van der Waals surface area contributed by atoms with Crippen molar-refractivity contribution in [2.24, 2.45) is 0 Å². The van der Waals surface area contributed by atoms with E-state index in [1.807, 2.05) is 32.9 Å². The average molecular weight is 318 g/mol. The second-order valence-electron chi connectivity index (χ2n) is 5.41. The van der Waals surface area contributed by atoms with Crippen molar-refractivity contribution in [3.8, 4) is 5.75 Å². The molecule has 2 rings (SSSR count). The molecule has 0 atom stereocenters. The first-order chi connectivity index (χ1) is 10.2.